The molecule has 0 spiro atoms. The fourth-order valence-electron chi connectivity index (χ4n) is 2.02. The number of ether oxygens (including phenoxy) is 3. The van der Waals surface area contributed by atoms with E-state index in [1.165, 1.54) is 0 Å². The van der Waals surface area contributed by atoms with Gasteiger partial charge in [-0.1, -0.05) is 0 Å². The lowest BCUT2D eigenvalue weighted by Gasteiger charge is -2.12. The Morgan fingerprint density at radius 3 is 2.85 bits per heavy atom. The van der Waals surface area contributed by atoms with Crippen molar-refractivity contribution >= 4 is 11.6 Å². The van der Waals surface area contributed by atoms with Crippen molar-refractivity contribution in [2.75, 3.05) is 32.2 Å². The zero-order valence-electron chi connectivity index (χ0n) is 11.8. The van der Waals surface area contributed by atoms with Gasteiger partial charge < -0.3 is 19.5 Å². The topological polar surface area (TPSA) is 56.8 Å². The van der Waals surface area contributed by atoms with Crippen molar-refractivity contribution in [3.8, 4) is 5.75 Å². The van der Waals surface area contributed by atoms with Gasteiger partial charge in [0.2, 0.25) is 5.91 Å². The van der Waals surface area contributed by atoms with Gasteiger partial charge in [-0.05, 0) is 37.1 Å². The van der Waals surface area contributed by atoms with Crippen molar-refractivity contribution in [2.24, 2.45) is 0 Å². The number of hydrogen-bond donors (Lipinski definition) is 1. The number of methoxy groups -OCH3 is 1. The number of hydrogen-bond acceptors (Lipinski definition) is 4. The Kier molecular flexibility index (Phi) is 5.83. The molecular weight excluding hydrogens is 258 g/mol. The third kappa shape index (κ3) is 4.83. The van der Waals surface area contributed by atoms with E-state index in [1.54, 1.807) is 7.11 Å². The highest BCUT2D eigenvalue weighted by Gasteiger charge is 2.15. The van der Waals surface area contributed by atoms with Crippen molar-refractivity contribution in [2.45, 2.75) is 25.4 Å². The molecule has 0 radical (unpaired) electrons. The van der Waals surface area contributed by atoms with Crippen molar-refractivity contribution in [1.82, 2.24) is 0 Å². The van der Waals surface area contributed by atoms with Crippen LogP contribution >= 0.6 is 0 Å². The van der Waals surface area contributed by atoms with Crippen LogP contribution in [0.4, 0.5) is 5.69 Å². The largest absolute Gasteiger partial charge is 0.491 e. The molecule has 1 aromatic carbocycles. The van der Waals surface area contributed by atoms with Crippen LogP contribution in [0.3, 0.4) is 0 Å². The van der Waals surface area contributed by atoms with Gasteiger partial charge in [-0.3, -0.25) is 4.79 Å². The minimum absolute atomic E-state index is 0.0557. The summed E-state index contributed by atoms with van der Waals surface area (Å²) in [5.41, 5.74) is 0.760. The highest BCUT2D eigenvalue weighted by atomic mass is 16.5. The molecule has 5 nitrogen and oxygen atoms in total. The Morgan fingerprint density at radius 2 is 2.20 bits per heavy atom. The summed E-state index contributed by atoms with van der Waals surface area (Å²) >= 11 is 0. The van der Waals surface area contributed by atoms with Crippen molar-refractivity contribution in [3.63, 3.8) is 0 Å². The molecule has 0 aromatic heterocycles. The summed E-state index contributed by atoms with van der Waals surface area (Å²) < 4.78 is 16.0. The molecule has 1 aromatic rings. The molecule has 20 heavy (non-hydrogen) atoms. The number of carbonyl (C=O) groups is 1. The minimum Gasteiger partial charge on any atom is -0.491 e. The van der Waals surface area contributed by atoms with Crippen LogP contribution in [0.25, 0.3) is 0 Å². The third-order valence-electron chi connectivity index (χ3n) is 3.13. The number of anilines is 1. The average Bonchev–Trinajstić information content (AvgIpc) is 2.98. The van der Waals surface area contributed by atoms with Gasteiger partial charge in [0.05, 0.1) is 19.1 Å². The Bertz CT molecular complexity index is 412. The van der Waals surface area contributed by atoms with Gasteiger partial charge in [-0.2, -0.15) is 0 Å². The van der Waals surface area contributed by atoms with Gasteiger partial charge in [-0.25, -0.2) is 0 Å². The van der Waals surface area contributed by atoms with E-state index in [2.05, 4.69) is 5.32 Å². The van der Waals surface area contributed by atoms with Gasteiger partial charge in [0.1, 0.15) is 12.4 Å². The molecule has 1 aliphatic rings. The van der Waals surface area contributed by atoms with Crippen LogP contribution in [0.5, 0.6) is 5.75 Å². The van der Waals surface area contributed by atoms with E-state index in [1.807, 2.05) is 24.3 Å². The SMILES string of the molecule is COCCC(=O)Nc1ccc(OCC2CCCO2)cc1. The molecule has 0 aliphatic carbocycles. The van der Waals surface area contributed by atoms with E-state index in [-0.39, 0.29) is 12.0 Å². The maximum Gasteiger partial charge on any atom is 0.226 e. The lowest BCUT2D eigenvalue weighted by Crippen LogP contribution is -2.16. The monoisotopic (exact) mass is 279 g/mol. The standard InChI is InChI=1S/C15H21NO4/c1-18-10-8-15(17)16-12-4-6-13(7-5-12)20-11-14-3-2-9-19-14/h4-7,14H,2-3,8-11H2,1H3,(H,16,17). The lowest BCUT2D eigenvalue weighted by atomic mass is 10.2. The van der Waals surface area contributed by atoms with Gasteiger partial charge in [0.25, 0.3) is 0 Å². The minimum atomic E-state index is -0.0557. The number of carbonyl (C=O) groups excluding carboxylic acids is 1. The van der Waals surface area contributed by atoms with Crippen LogP contribution in [0.2, 0.25) is 0 Å². The molecule has 1 heterocycles. The fraction of sp³-hybridized carbons (Fsp3) is 0.533. The van der Waals surface area contributed by atoms with Crippen LogP contribution < -0.4 is 10.1 Å². The van der Waals surface area contributed by atoms with Gasteiger partial charge >= 0.3 is 0 Å². The van der Waals surface area contributed by atoms with E-state index >= 15 is 0 Å². The molecule has 1 saturated heterocycles. The van der Waals surface area contributed by atoms with Crippen LogP contribution in [0.15, 0.2) is 24.3 Å². The normalized spacial score (nSPS) is 17.9. The van der Waals surface area contributed by atoms with Gasteiger partial charge in [0, 0.05) is 19.4 Å². The Morgan fingerprint density at radius 1 is 1.40 bits per heavy atom. The Labute approximate surface area is 119 Å². The Hall–Kier alpha value is -1.59. The Balaban J connectivity index is 1.75. The second-order valence-electron chi connectivity index (χ2n) is 4.76. The summed E-state index contributed by atoms with van der Waals surface area (Å²) in [4.78, 5) is 11.5. The molecule has 110 valence electrons. The smallest absolute Gasteiger partial charge is 0.226 e. The summed E-state index contributed by atoms with van der Waals surface area (Å²) in [5.74, 6) is 0.732. The van der Waals surface area contributed by atoms with E-state index in [4.69, 9.17) is 14.2 Å². The molecule has 1 amide bonds. The number of benzene rings is 1. The van der Waals surface area contributed by atoms with Crippen molar-refractivity contribution in [1.29, 1.82) is 0 Å². The van der Waals surface area contributed by atoms with E-state index < -0.39 is 0 Å². The molecule has 2 rings (SSSR count). The highest BCUT2D eigenvalue weighted by molar-refractivity contribution is 5.90. The first kappa shape index (κ1) is 14.8. The predicted molar refractivity (Wildman–Crippen MR) is 76.0 cm³/mol. The highest BCUT2D eigenvalue weighted by Crippen LogP contribution is 2.18. The molecule has 1 N–H and O–H groups in total. The zero-order chi connectivity index (χ0) is 14.2. The first-order valence-electron chi connectivity index (χ1n) is 6.91. The van der Waals surface area contributed by atoms with Gasteiger partial charge in [-0.15, -0.1) is 0 Å². The van der Waals surface area contributed by atoms with E-state index in [0.29, 0.717) is 19.6 Å². The lowest BCUT2D eigenvalue weighted by molar-refractivity contribution is -0.117. The number of rotatable bonds is 7. The summed E-state index contributed by atoms with van der Waals surface area (Å²) in [7, 11) is 1.58. The van der Waals surface area contributed by atoms with Crippen LogP contribution in [-0.4, -0.2) is 38.9 Å². The number of nitrogens with one attached hydrogen (secondary N) is 1. The molecule has 5 heteroatoms. The van der Waals surface area contributed by atoms with Crippen molar-refractivity contribution in [3.05, 3.63) is 24.3 Å². The quantitative estimate of drug-likeness (QED) is 0.831. The first-order chi connectivity index (χ1) is 9.78. The van der Waals surface area contributed by atoms with Crippen LogP contribution in [-0.2, 0) is 14.3 Å². The molecule has 1 aliphatic heterocycles. The van der Waals surface area contributed by atoms with E-state index in [0.717, 1.165) is 30.9 Å². The summed E-state index contributed by atoms with van der Waals surface area (Å²) in [6.07, 6.45) is 2.74. The second kappa shape index (κ2) is 7.87. The second-order valence-corrected chi connectivity index (χ2v) is 4.76. The predicted octanol–water partition coefficient (Wildman–Crippen LogP) is 2.22. The average molecular weight is 279 g/mol. The summed E-state index contributed by atoms with van der Waals surface area (Å²) in [6, 6.07) is 7.35. The number of amides is 1. The first-order valence-corrected chi connectivity index (χ1v) is 6.91. The zero-order valence-corrected chi connectivity index (χ0v) is 11.8. The maximum absolute atomic E-state index is 11.5. The third-order valence-corrected chi connectivity index (χ3v) is 3.13. The molecule has 1 fully saturated rings. The summed E-state index contributed by atoms with van der Waals surface area (Å²) in [5, 5.41) is 2.80. The van der Waals surface area contributed by atoms with Crippen LogP contribution in [0, 0.1) is 0 Å². The maximum atomic E-state index is 11.5. The fourth-order valence-corrected chi connectivity index (χ4v) is 2.02. The molecule has 0 saturated carbocycles. The summed E-state index contributed by atoms with van der Waals surface area (Å²) in [6.45, 7) is 1.84. The van der Waals surface area contributed by atoms with E-state index in [9.17, 15) is 4.79 Å². The molecule has 0 bridgehead atoms. The van der Waals surface area contributed by atoms with Crippen LogP contribution in [0.1, 0.15) is 19.3 Å². The molecule has 1 unspecified atom stereocenters. The van der Waals surface area contributed by atoms with Crippen molar-refractivity contribution < 1.29 is 19.0 Å². The molecule has 1 atom stereocenters. The molecular formula is C15H21NO4. The van der Waals surface area contributed by atoms with Gasteiger partial charge in [0.15, 0.2) is 0 Å².